The Morgan fingerprint density at radius 2 is 1.61 bits per heavy atom. The summed E-state index contributed by atoms with van der Waals surface area (Å²) in [7, 11) is 0. The zero-order chi connectivity index (χ0) is 19.7. The van der Waals surface area contributed by atoms with Crippen LogP contribution in [0.15, 0.2) is 30.3 Å². The SMILES string of the molecule is CC1(C)O[C@H]2O[C@H]3[C@@H](O[C@@H](c4ccccc4)O[C@H]3CN(CCO)CCO)[C@@H]2O1. The summed E-state index contributed by atoms with van der Waals surface area (Å²) in [6.45, 7) is 5.12. The normalized spacial score (nSPS) is 36.5. The zero-order valence-electron chi connectivity index (χ0n) is 16.3. The Morgan fingerprint density at radius 1 is 0.893 bits per heavy atom. The fraction of sp³-hybridized carbons (Fsp3) is 0.700. The molecule has 3 aliphatic rings. The summed E-state index contributed by atoms with van der Waals surface area (Å²) in [5.41, 5.74) is 0.920. The second-order valence-electron chi connectivity index (χ2n) is 7.83. The predicted octanol–water partition coefficient (Wildman–Crippen LogP) is 0.632. The maximum absolute atomic E-state index is 9.34. The van der Waals surface area contributed by atoms with Gasteiger partial charge in [0, 0.05) is 25.2 Å². The molecule has 0 spiro atoms. The van der Waals surface area contributed by atoms with Gasteiger partial charge in [-0.3, -0.25) is 4.90 Å². The number of aliphatic hydroxyl groups is 2. The van der Waals surface area contributed by atoms with Crippen molar-refractivity contribution in [1.82, 2.24) is 4.90 Å². The lowest BCUT2D eigenvalue weighted by atomic mass is 10.0. The van der Waals surface area contributed by atoms with E-state index in [1.807, 2.05) is 49.1 Å². The highest BCUT2D eigenvalue weighted by atomic mass is 16.9. The van der Waals surface area contributed by atoms with Crippen molar-refractivity contribution in [2.45, 2.75) is 56.6 Å². The summed E-state index contributed by atoms with van der Waals surface area (Å²) in [5, 5.41) is 18.7. The minimum absolute atomic E-state index is 0.00590. The van der Waals surface area contributed by atoms with Crippen molar-refractivity contribution in [3.8, 4) is 0 Å². The van der Waals surface area contributed by atoms with E-state index in [-0.39, 0.29) is 37.6 Å². The lowest BCUT2D eigenvalue weighted by molar-refractivity contribution is -0.311. The van der Waals surface area contributed by atoms with E-state index in [0.29, 0.717) is 19.6 Å². The van der Waals surface area contributed by atoms with Crippen molar-refractivity contribution >= 4 is 0 Å². The highest BCUT2D eigenvalue weighted by Gasteiger charge is 2.60. The van der Waals surface area contributed by atoms with Crippen LogP contribution in [-0.2, 0) is 23.7 Å². The van der Waals surface area contributed by atoms with Gasteiger partial charge in [0.25, 0.3) is 0 Å². The summed E-state index contributed by atoms with van der Waals surface area (Å²) >= 11 is 0. The van der Waals surface area contributed by atoms with Crippen LogP contribution in [0.5, 0.6) is 0 Å². The minimum Gasteiger partial charge on any atom is -0.395 e. The first kappa shape index (κ1) is 20.2. The Hall–Kier alpha value is -1.10. The first-order valence-corrected chi connectivity index (χ1v) is 9.82. The number of fused-ring (bicyclic) bond motifs is 3. The standard InChI is InChI=1S/C20H29NO7/c1-20(2)27-17-16-15(25-19(17)28-20)14(12-21(8-10-22)9-11-23)24-18(26-16)13-6-4-3-5-7-13/h3-7,14-19,22-23H,8-12H2,1-2H3/t14-,15+,16+,17-,18-,19+/m0/s1. The number of ether oxygens (including phenoxy) is 5. The molecule has 0 aromatic heterocycles. The van der Waals surface area contributed by atoms with E-state index in [1.165, 1.54) is 0 Å². The van der Waals surface area contributed by atoms with Crippen molar-refractivity contribution in [2.24, 2.45) is 0 Å². The third kappa shape index (κ3) is 4.10. The Bertz CT molecular complexity index is 637. The molecular formula is C20H29NO7. The number of rotatable bonds is 7. The Morgan fingerprint density at radius 3 is 2.29 bits per heavy atom. The molecule has 0 saturated carbocycles. The van der Waals surface area contributed by atoms with Gasteiger partial charge in [-0.15, -0.1) is 0 Å². The van der Waals surface area contributed by atoms with Crippen molar-refractivity contribution in [1.29, 1.82) is 0 Å². The Labute approximate surface area is 164 Å². The van der Waals surface area contributed by atoms with Crippen LogP contribution >= 0.6 is 0 Å². The molecule has 3 saturated heterocycles. The summed E-state index contributed by atoms with van der Waals surface area (Å²) in [6.07, 6.45) is -2.39. The van der Waals surface area contributed by atoms with Gasteiger partial charge >= 0.3 is 0 Å². The zero-order valence-corrected chi connectivity index (χ0v) is 16.3. The molecular weight excluding hydrogens is 366 g/mol. The largest absolute Gasteiger partial charge is 0.395 e. The van der Waals surface area contributed by atoms with Gasteiger partial charge < -0.3 is 33.9 Å². The van der Waals surface area contributed by atoms with Gasteiger partial charge in [-0.1, -0.05) is 30.3 Å². The molecule has 0 radical (unpaired) electrons. The number of aliphatic hydroxyl groups excluding tert-OH is 2. The molecule has 28 heavy (non-hydrogen) atoms. The van der Waals surface area contributed by atoms with Crippen molar-refractivity contribution in [2.75, 3.05) is 32.8 Å². The van der Waals surface area contributed by atoms with Gasteiger partial charge in [-0.25, -0.2) is 0 Å². The van der Waals surface area contributed by atoms with Crippen LogP contribution in [0.4, 0.5) is 0 Å². The van der Waals surface area contributed by atoms with E-state index in [1.54, 1.807) is 0 Å². The third-order valence-electron chi connectivity index (χ3n) is 5.31. The molecule has 3 aliphatic heterocycles. The quantitative estimate of drug-likeness (QED) is 0.695. The van der Waals surface area contributed by atoms with E-state index >= 15 is 0 Å². The van der Waals surface area contributed by atoms with Crippen LogP contribution in [-0.4, -0.2) is 84.5 Å². The summed E-state index contributed by atoms with van der Waals surface area (Å²) < 4.78 is 30.6. The summed E-state index contributed by atoms with van der Waals surface area (Å²) in [4.78, 5) is 1.96. The molecule has 0 aliphatic carbocycles. The second-order valence-corrected chi connectivity index (χ2v) is 7.83. The molecule has 1 aromatic carbocycles. The Balaban J connectivity index is 1.56. The molecule has 156 valence electrons. The average Bonchev–Trinajstić information content (AvgIpc) is 3.15. The average molecular weight is 395 g/mol. The Kier molecular flexibility index (Phi) is 6.01. The fourth-order valence-electron chi connectivity index (χ4n) is 4.12. The van der Waals surface area contributed by atoms with E-state index in [2.05, 4.69) is 0 Å². The molecule has 3 fully saturated rings. The van der Waals surface area contributed by atoms with Crippen LogP contribution in [0.2, 0.25) is 0 Å². The van der Waals surface area contributed by atoms with Crippen molar-refractivity contribution < 1.29 is 33.9 Å². The molecule has 0 amide bonds. The summed E-state index contributed by atoms with van der Waals surface area (Å²) in [6, 6.07) is 9.76. The molecule has 8 heteroatoms. The second kappa shape index (κ2) is 8.33. The lowest BCUT2D eigenvalue weighted by Crippen LogP contribution is -2.53. The van der Waals surface area contributed by atoms with E-state index in [0.717, 1.165) is 5.56 Å². The number of hydrogen-bond acceptors (Lipinski definition) is 8. The molecule has 4 rings (SSSR count). The highest BCUT2D eigenvalue weighted by molar-refractivity contribution is 5.17. The van der Waals surface area contributed by atoms with Gasteiger partial charge in [-0.05, 0) is 13.8 Å². The summed E-state index contributed by atoms with van der Waals surface area (Å²) in [5.74, 6) is -0.723. The molecule has 1 aromatic rings. The minimum atomic E-state index is -0.723. The van der Waals surface area contributed by atoms with Crippen molar-refractivity contribution in [3.63, 3.8) is 0 Å². The van der Waals surface area contributed by atoms with Crippen LogP contribution in [0.1, 0.15) is 25.7 Å². The van der Waals surface area contributed by atoms with Crippen molar-refractivity contribution in [3.05, 3.63) is 35.9 Å². The molecule has 8 nitrogen and oxygen atoms in total. The van der Waals surface area contributed by atoms with E-state index in [9.17, 15) is 10.2 Å². The highest BCUT2D eigenvalue weighted by Crippen LogP contribution is 2.45. The smallest absolute Gasteiger partial charge is 0.190 e. The maximum atomic E-state index is 9.34. The number of nitrogens with zero attached hydrogens (tertiary/aromatic N) is 1. The van der Waals surface area contributed by atoms with Gasteiger partial charge in [0.2, 0.25) is 0 Å². The van der Waals surface area contributed by atoms with Crippen LogP contribution in [0.3, 0.4) is 0 Å². The fourth-order valence-corrected chi connectivity index (χ4v) is 4.12. The predicted molar refractivity (Wildman–Crippen MR) is 98.2 cm³/mol. The topological polar surface area (TPSA) is 89.9 Å². The van der Waals surface area contributed by atoms with Crippen LogP contribution < -0.4 is 0 Å². The number of benzene rings is 1. The lowest BCUT2D eigenvalue weighted by Gasteiger charge is -2.41. The monoisotopic (exact) mass is 395 g/mol. The molecule has 0 bridgehead atoms. The molecule has 6 atom stereocenters. The van der Waals surface area contributed by atoms with E-state index in [4.69, 9.17) is 23.7 Å². The number of hydrogen-bond donors (Lipinski definition) is 2. The van der Waals surface area contributed by atoms with E-state index < -0.39 is 18.4 Å². The first-order chi connectivity index (χ1) is 13.5. The van der Waals surface area contributed by atoms with Gasteiger partial charge in [0.05, 0.1) is 13.2 Å². The molecule has 0 unspecified atom stereocenters. The molecule has 2 N–H and O–H groups in total. The van der Waals surface area contributed by atoms with Gasteiger partial charge in [-0.2, -0.15) is 0 Å². The first-order valence-electron chi connectivity index (χ1n) is 9.82. The van der Waals surface area contributed by atoms with Crippen LogP contribution in [0, 0.1) is 0 Å². The van der Waals surface area contributed by atoms with Crippen LogP contribution in [0.25, 0.3) is 0 Å². The molecule has 3 heterocycles. The van der Waals surface area contributed by atoms with Gasteiger partial charge in [0.1, 0.15) is 24.4 Å². The van der Waals surface area contributed by atoms with Gasteiger partial charge in [0.15, 0.2) is 18.4 Å². The maximum Gasteiger partial charge on any atom is 0.190 e. The third-order valence-corrected chi connectivity index (χ3v) is 5.31.